The van der Waals surface area contributed by atoms with E-state index in [1.54, 1.807) is 59.4 Å². The van der Waals surface area contributed by atoms with Crippen LogP contribution in [0.1, 0.15) is 0 Å². The maximum atomic E-state index is 12.2. The first-order chi connectivity index (χ1) is 11.9. The Balaban J connectivity index is 1.86. The van der Waals surface area contributed by atoms with Crippen LogP contribution < -0.4 is 7.26 Å². The molecular weight excluding hydrogens is 453 g/mol. The molecule has 25 heavy (non-hydrogen) atoms. The summed E-state index contributed by atoms with van der Waals surface area (Å²) in [4.78, 5) is 4.31. The van der Waals surface area contributed by atoms with Crippen molar-refractivity contribution in [3.63, 3.8) is 0 Å². The number of anilines is 1. The van der Waals surface area contributed by atoms with E-state index in [4.69, 9.17) is 4.74 Å². The van der Waals surface area contributed by atoms with Crippen molar-refractivity contribution < 1.29 is 13.2 Å². The van der Waals surface area contributed by atoms with Gasteiger partial charge in [0.2, 0.25) is 0 Å². The van der Waals surface area contributed by atoms with E-state index in [9.17, 15) is 8.42 Å². The maximum absolute atomic E-state index is 12.2. The summed E-state index contributed by atoms with van der Waals surface area (Å²) in [6.45, 7) is 0. The molecule has 1 heterocycles. The number of rotatable bonds is 5. The van der Waals surface area contributed by atoms with Crippen molar-refractivity contribution in [3.8, 4) is 11.5 Å². The minimum Gasteiger partial charge on any atom is -0.457 e. The van der Waals surface area contributed by atoms with Crippen LogP contribution in [-0.4, -0.2) is 31.8 Å². The minimum absolute atomic E-state index is 0.543. The topological polar surface area (TPSA) is 62.7 Å². The van der Waals surface area contributed by atoms with Gasteiger partial charge in [-0.05, 0) is 42.5 Å². The standard InChI is InChI=1S/C17H16IN3O3S/c1-20(2)25(22,23)21(18)13-7-9-14(10-8-13)24-17-11-12-19-16-6-4-3-5-15(16)17/h3-12H,1-2H3. The molecule has 0 saturated carbocycles. The lowest BCUT2D eigenvalue weighted by molar-refractivity contribution is 0.488. The van der Waals surface area contributed by atoms with Crippen molar-refractivity contribution in [2.45, 2.75) is 0 Å². The van der Waals surface area contributed by atoms with Crippen LogP contribution in [0.4, 0.5) is 5.69 Å². The van der Waals surface area contributed by atoms with Gasteiger partial charge < -0.3 is 4.74 Å². The van der Waals surface area contributed by atoms with Gasteiger partial charge in [-0.15, -0.1) is 0 Å². The first kappa shape index (κ1) is 17.9. The van der Waals surface area contributed by atoms with Gasteiger partial charge >= 0.3 is 10.2 Å². The fourth-order valence-corrected chi connectivity index (χ4v) is 4.25. The molecule has 0 atom stereocenters. The Morgan fingerprint density at radius 3 is 2.36 bits per heavy atom. The number of benzene rings is 2. The van der Waals surface area contributed by atoms with Gasteiger partial charge in [-0.25, -0.2) is 0 Å². The van der Waals surface area contributed by atoms with Gasteiger partial charge in [0.05, 0.1) is 34.1 Å². The average molecular weight is 469 g/mol. The maximum Gasteiger partial charge on any atom is 0.312 e. The highest BCUT2D eigenvalue weighted by molar-refractivity contribution is 14.1. The number of hydrogen-bond donors (Lipinski definition) is 0. The molecular formula is C17H16IN3O3S. The van der Waals surface area contributed by atoms with Crippen molar-refractivity contribution >= 4 is 49.7 Å². The molecule has 0 aliphatic rings. The third-order valence-electron chi connectivity index (χ3n) is 3.54. The second-order valence-corrected chi connectivity index (χ2v) is 9.04. The lowest BCUT2D eigenvalue weighted by atomic mass is 10.2. The minimum atomic E-state index is -3.53. The van der Waals surface area contributed by atoms with Gasteiger partial charge in [0.15, 0.2) is 0 Å². The molecule has 0 bridgehead atoms. The van der Waals surface area contributed by atoms with E-state index in [1.165, 1.54) is 16.6 Å². The summed E-state index contributed by atoms with van der Waals surface area (Å²) >= 11 is 1.77. The van der Waals surface area contributed by atoms with Crippen LogP contribution in [0.2, 0.25) is 0 Å². The molecule has 0 fully saturated rings. The molecule has 6 nitrogen and oxygen atoms in total. The van der Waals surface area contributed by atoms with Crippen molar-refractivity contribution in [1.82, 2.24) is 9.29 Å². The number of ether oxygens (including phenoxy) is 1. The van der Waals surface area contributed by atoms with E-state index in [0.717, 1.165) is 15.2 Å². The number of nitrogens with zero attached hydrogens (tertiary/aromatic N) is 3. The summed E-state index contributed by atoms with van der Waals surface area (Å²) in [6, 6.07) is 16.4. The summed E-state index contributed by atoms with van der Waals surface area (Å²) < 4.78 is 32.6. The van der Waals surface area contributed by atoms with E-state index in [-0.39, 0.29) is 0 Å². The SMILES string of the molecule is CN(C)S(=O)(=O)N(I)c1ccc(Oc2ccnc3ccccc23)cc1. The molecule has 0 amide bonds. The summed E-state index contributed by atoms with van der Waals surface area (Å²) in [5, 5.41) is 0.916. The molecule has 3 rings (SSSR count). The van der Waals surface area contributed by atoms with Crippen molar-refractivity contribution in [2.75, 3.05) is 16.6 Å². The van der Waals surface area contributed by atoms with E-state index in [0.29, 0.717) is 17.2 Å². The highest BCUT2D eigenvalue weighted by Crippen LogP contribution is 2.31. The van der Waals surface area contributed by atoms with Gasteiger partial charge in [0, 0.05) is 25.7 Å². The molecule has 2 aromatic carbocycles. The van der Waals surface area contributed by atoms with Crippen LogP contribution >= 0.6 is 22.9 Å². The predicted molar refractivity (Wildman–Crippen MR) is 107 cm³/mol. The number of fused-ring (bicyclic) bond motifs is 1. The number of hydrogen-bond acceptors (Lipinski definition) is 4. The Morgan fingerprint density at radius 1 is 1.00 bits per heavy atom. The summed E-state index contributed by atoms with van der Waals surface area (Å²) in [5.74, 6) is 1.32. The Kier molecular flexibility index (Phi) is 5.11. The van der Waals surface area contributed by atoms with Gasteiger partial charge in [-0.3, -0.25) is 4.98 Å². The normalized spacial score (nSPS) is 11.7. The molecule has 0 N–H and O–H groups in total. The Bertz CT molecular complexity index is 986. The van der Waals surface area contributed by atoms with Crippen LogP contribution in [0.25, 0.3) is 10.9 Å². The zero-order valence-corrected chi connectivity index (χ0v) is 16.6. The van der Waals surface area contributed by atoms with Crippen molar-refractivity contribution in [2.24, 2.45) is 0 Å². The molecule has 0 unspecified atom stereocenters. The first-order valence-electron chi connectivity index (χ1n) is 7.40. The second-order valence-electron chi connectivity index (χ2n) is 5.43. The zero-order valence-electron chi connectivity index (χ0n) is 13.6. The molecule has 0 aliphatic carbocycles. The highest BCUT2D eigenvalue weighted by Gasteiger charge is 2.22. The smallest absolute Gasteiger partial charge is 0.312 e. The molecule has 0 spiro atoms. The summed E-state index contributed by atoms with van der Waals surface area (Å²) in [5.41, 5.74) is 1.40. The largest absolute Gasteiger partial charge is 0.457 e. The van der Waals surface area contributed by atoms with Crippen LogP contribution in [0.5, 0.6) is 11.5 Å². The van der Waals surface area contributed by atoms with Crippen LogP contribution in [-0.2, 0) is 10.2 Å². The van der Waals surface area contributed by atoms with Crippen LogP contribution in [0, 0.1) is 0 Å². The lowest BCUT2D eigenvalue weighted by Crippen LogP contribution is -2.33. The fraction of sp³-hybridized carbons (Fsp3) is 0.118. The van der Waals surface area contributed by atoms with E-state index < -0.39 is 10.2 Å². The van der Waals surface area contributed by atoms with E-state index >= 15 is 0 Å². The number of para-hydroxylation sites is 1. The van der Waals surface area contributed by atoms with Gasteiger partial charge in [-0.1, -0.05) is 12.1 Å². The lowest BCUT2D eigenvalue weighted by Gasteiger charge is -2.21. The number of halogens is 1. The Labute approximate surface area is 160 Å². The molecule has 1 aromatic heterocycles. The monoisotopic (exact) mass is 469 g/mol. The van der Waals surface area contributed by atoms with Gasteiger partial charge in [-0.2, -0.15) is 15.2 Å². The Morgan fingerprint density at radius 2 is 1.68 bits per heavy atom. The molecule has 0 saturated heterocycles. The molecule has 130 valence electrons. The molecule has 3 aromatic rings. The first-order valence-corrected chi connectivity index (χ1v) is 9.76. The number of aromatic nitrogens is 1. The van der Waals surface area contributed by atoms with E-state index in [1.807, 2.05) is 24.3 Å². The van der Waals surface area contributed by atoms with Gasteiger partial charge in [0.25, 0.3) is 0 Å². The summed E-state index contributed by atoms with van der Waals surface area (Å²) in [6.07, 6.45) is 1.70. The van der Waals surface area contributed by atoms with Crippen molar-refractivity contribution in [1.29, 1.82) is 0 Å². The zero-order chi connectivity index (χ0) is 18.0. The van der Waals surface area contributed by atoms with Crippen LogP contribution in [0.15, 0.2) is 60.8 Å². The molecule has 0 aliphatic heterocycles. The average Bonchev–Trinajstić information content (AvgIpc) is 2.62. The van der Waals surface area contributed by atoms with Gasteiger partial charge in [0.1, 0.15) is 11.5 Å². The Hall–Kier alpha value is -1.91. The molecule has 8 heteroatoms. The third-order valence-corrected chi connectivity index (χ3v) is 7.13. The van der Waals surface area contributed by atoms with E-state index in [2.05, 4.69) is 4.98 Å². The molecule has 0 radical (unpaired) electrons. The number of pyridine rings is 1. The fourth-order valence-electron chi connectivity index (χ4n) is 2.19. The van der Waals surface area contributed by atoms with Crippen LogP contribution in [0.3, 0.4) is 0 Å². The highest BCUT2D eigenvalue weighted by atomic mass is 127. The quantitative estimate of drug-likeness (QED) is 0.419. The summed E-state index contributed by atoms with van der Waals surface area (Å²) in [7, 11) is -0.540. The second kappa shape index (κ2) is 7.14. The van der Waals surface area contributed by atoms with Crippen molar-refractivity contribution in [3.05, 3.63) is 60.8 Å². The third kappa shape index (κ3) is 3.70. The predicted octanol–water partition coefficient (Wildman–Crippen LogP) is 3.99.